The number of furan rings is 1. The van der Waals surface area contributed by atoms with Gasteiger partial charge in [-0.2, -0.15) is 0 Å². The lowest BCUT2D eigenvalue weighted by molar-refractivity contribution is -0.120. The zero-order valence-electron chi connectivity index (χ0n) is 18.5. The van der Waals surface area contributed by atoms with E-state index in [1.165, 1.54) is 0 Å². The number of hydrogen-bond acceptors (Lipinski definition) is 5. The third kappa shape index (κ3) is 7.65. The number of ether oxygens (including phenoxy) is 1. The number of nitrogens with zero attached hydrogens (tertiary/aromatic N) is 1. The smallest absolute Gasteiger partial charge is 0.234 e. The Hall–Kier alpha value is -1.86. The highest BCUT2D eigenvalue weighted by Crippen LogP contribution is 2.23. The molecule has 1 saturated heterocycles. The summed E-state index contributed by atoms with van der Waals surface area (Å²) in [5.41, 5.74) is 0.960. The third-order valence-electron chi connectivity index (χ3n) is 5.73. The second-order valence-electron chi connectivity index (χ2n) is 8.15. The molecule has 1 fully saturated rings. The Morgan fingerprint density at radius 3 is 2.81 bits per heavy atom. The van der Waals surface area contributed by atoms with E-state index in [2.05, 4.69) is 22.5 Å². The van der Waals surface area contributed by atoms with E-state index >= 15 is 0 Å². The number of nitrogens with one attached hydrogen (secondary N) is 2. The Kier molecular flexibility index (Phi) is 9.40. The maximum atomic E-state index is 12.3. The number of piperidine rings is 1. The van der Waals surface area contributed by atoms with E-state index in [0.29, 0.717) is 30.1 Å². The number of benzene rings is 1. The first-order valence-corrected chi connectivity index (χ1v) is 11.6. The number of amides is 1. The molecule has 0 aliphatic carbocycles. The maximum Gasteiger partial charge on any atom is 0.234 e. The zero-order chi connectivity index (χ0) is 22.1. The van der Waals surface area contributed by atoms with Crippen LogP contribution in [0.15, 0.2) is 40.8 Å². The van der Waals surface area contributed by atoms with Gasteiger partial charge in [-0.1, -0.05) is 18.5 Å². The summed E-state index contributed by atoms with van der Waals surface area (Å²) >= 11 is 5.93. The van der Waals surface area contributed by atoms with Crippen molar-refractivity contribution in [2.45, 2.75) is 39.3 Å². The standard InChI is InChI=1S/C24H34ClN3O3/c1-3-30-14-4-12-28-13-11-22(18(2)17-28)26-16-24(29)27-15-21-9-10-23(31-21)19-5-7-20(25)8-6-19/h5-10,18,22,26H,3-4,11-17H2,1-2H3,(H,27,29). The summed E-state index contributed by atoms with van der Waals surface area (Å²) in [4.78, 5) is 14.8. The van der Waals surface area contributed by atoms with Crippen molar-refractivity contribution in [2.75, 3.05) is 39.4 Å². The molecule has 3 rings (SSSR count). The summed E-state index contributed by atoms with van der Waals surface area (Å²) < 4.78 is 11.3. The van der Waals surface area contributed by atoms with Crippen LogP contribution < -0.4 is 10.6 Å². The van der Waals surface area contributed by atoms with Crippen LogP contribution in [0.1, 0.15) is 32.4 Å². The molecule has 6 nitrogen and oxygen atoms in total. The second kappa shape index (κ2) is 12.2. The number of halogens is 1. The number of hydrogen-bond donors (Lipinski definition) is 2. The largest absolute Gasteiger partial charge is 0.459 e. The van der Waals surface area contributed by atoms with Crippen LogP contribution in [0.25, 0.3) is 11.3 Å². The molecule has 1 amide bonds. The molecule has 2 unspecified atom stereocenters. The molecule has 0 spiro atoms. The van der Waals surface area contributed by atoms with Gasteiger partial charge in [0.05, 0.1) is 13.1 Å². The van der Waals surface area contributed by atoms with Crippen molar-refractivity contribution in [1.82, 2.24) is 15.5 Å². The quantitative estimate of drug-likeness (QED) is 0.510. The minimum Gasteiger partial charge on any atom is -0.459 e. The van der Waals surface area contributed by atoms with Crippen molar-refractivity contribution >= 4 is 17.5 Å². The van der Waals surface area contributed by atoms with Crippen LogP contribution in [0.4, 0.5) is 0 Å². The van der Waals surface area contributed by atoms with Crippen molar-refractivity contribution in [3.05, 3.63) is 47.2 Å². The van der Waals surface area contributed by atoms with Gasteiger partial charge in [-0.15, -0.1) is 0 Å². The first-order chi connectivity index (χ1) is 15.0. The average Bonchev–Trinajstić information content (AvgIpc) is 3.24. The zero-order valence-corrected chi connectivity index (χ0v) is 19.3. The first kappa shape index (κ1) is 23.8. The van der Waals surface area contributed by atoms with Crippen molar-refractivity contribution < 1.29 is 13.9 Å². The molecule has 1 aromatic heterocycles. The van der Waals surface area contributed by atoms with Crippen LogP contribution in [-0.4, -0.2) is 56.2 Å². The number of carbonyl (C=O) groups excluding carboxylic acids is 1. The third-order valence-corrected chi connectivity index (χ3v) is 5.98. The minimum absolute atomic E-state index is 0.0178. The fourth-order valence-corrected chi connectivity index (χ4v) is 4.11. The molecule has 2 aromatic rings. The van der Waals surface area contributed by atoms with Gasteiger partial charge in [0.2, 0.25) is 5.91 Å². The van der Waals surface area contributed by atoms with Gasteiger partial charge in [0, 0.05) is 42.9 Å². The normalized spacial score (nSPS) is 19.5. The average molecular weight is 448 g/mol. The van der Waals surface area contributed by atoms with Gasteiger partial charge in [0.15, 0.2) is 0 Å². The lowest BCUT2D eigenvalue weighted by Gasteiger charge is -2.37. The van der Waals surface area contributed by atoms with Gasteiger partial charge in [-0.05, 0) is 68.6 Å². The van der Waals surface area contributed by atoms with Gasteiger partial charge in [-0.3, -0.25) is 4.79 Å². The highest BCUT2D eigenvalue weighted by Gasteiger charge is 2.25. The molecule has 0 bridgehead atoms. The van der Waals surface area contributed by atoms with Crippen molar-refractivity contribution in [3.63, 3.8) is 0 Å². The lowest BCUT2D eigenvalue weighted by atomic mass is 9.93. The van der Waals surface area contributed by atoms with Crippen molar-refractivity contribution in [1.29, 1.82) is 0 Å². The van der Waals surface area contributed by atoms with Gasteiger partial charge in [0.25, 0.3) is 0 Å². The van der Waals surface area contributed by atoms with E-state index in [1.807, 2.05) is 43.3 Å². The van der Waals surface area contributed by atoms with E-state index in [4.69, 9.17) is 20.8 Å². The Morgan fingerprint density at radius 1 is 1.26 bits per heavy atom. The predicted molar refractivity (Wildman–Crippen MR) is 124 cm³/mol. The summed E-state index contributed by atoms with van der Waals surface area (Å²) in [6.07, 6.45) is 2.14. The molecular weight excluding hydrogens is 414 g/mol. The Morgan fingerprint density at radius 2 is 2.06 bits per heavy atom. The summed E-state index contributed by atoms with van der Waals surface area (Å²) in [5.74, 6) is 1.99. The molecule has 31 heavy (non-hydrogen) atoms. The van der Waals surface area contributed by atoms with Crippen LogP contribution in [0, 0.1) is 5.92 Å². The fourth-order valence-electron chi connectivity index (χ4n) is 3.99. The molecular formula is C24H34ClN3O3. The van der Waals surface area contributed by atoms with E-state index < -0.39 is 0 Å². The molecule has 2 atom stereocenters. The Balaban J connectivity index is 1.35. The van der Waals surface area contributed by atoms with Crippen LogP contribution in [0.3, 0.4) is 0 Å². The first-order valence-electron chi connectivity index (χ1n) is 11.2. The molecule has 1 aliphatic rings. The summed E-state index contributed by atoms with van der Waals surface area (Å²) in [7, 11) is 0. The monoisotopic (exact) mass is 447 g/mol. The molecule has 7 heteroatoms. The molecule has 0 saturated carbocycles. The van der Waals surface area contributed by atoms with Crippen LogP contribution >= 0.6 is 11.6 Å². The van der Waals surface area contributed by atoms with Crippen LogP contribution in [-0.2, 0) is 16.1 Å². The number of rotatable bonds is 11. The van der Waals surface area contributed by atoms with Crippen molar-refractivity contribution in [3.8, 4) is 11.3 Å². The summed E-state index contributed by atoms with van der Waals surface area (Å²) in [5, 5.41) is 7.06. The Labute approximate surface area is 190 Å². The predicted octanol–water partition coefficient (Wildman–Crippen LogP) is 3.94. The SMILES string of the molecule is CCOCCCN1CCC(NCC(=O)NCc2ccc(-c3ccc(Cl)cc3)o2)C(C)C1. The van der Waals surface area contributed by atoms with E-state index in [-0.39, 0.29) is 5.91 Å². The fraction of sp³-hybridized carbons (Fsp3) is 0.542. The van der Waals surface area contributed by atoms with Gasteiger partial charge < -0.3 is 24.7 Å². The van der Waals surface area contributed by atoms with Crippen molar-refractivity contribution in [2.24, 2.45) is 5.92 Å². The second-order valence-corrected chi connectivity index (χ2v) is 8.59. The molecule has 170 valence electrons. The summed E-state index contributed by atoms with van der Waals surface area (Å²) in [6.45, 7) is 9.81. The number of carbonyl (C=O) groups is 1. The minimum atomic E-state index is -0.0178. The molecule has 1 aromatic carbocycles. The molecule has 2 heterocycles. The highest BCUT2D eigenvalue weighted by atomic mass is 35.5. The van der Waals surface area contributed by atoms with E-state index in [0.717, 1.165) is 62.8 Å². The van der Waals surface area contributed by atoms with E-state index in [9.17, 15) is 4.79 Å². The summed E-state index contributed by atoms with van der Waals surface area (Å²) in [6, 6.07) is 11.7. The van der Waals surface area contributed by atoms with Crippen LogP contribution in [0.2, 0.25) is 5.02 Å². The topological polar surface area (TPSA) is 66.7 Å². The van der Waals surface area contributed by atoms with Crippen LogP contribution in [0.5, 0.6) is 0 Å². The highest BCUT2D eigenvalue weighted by molar-refractivity contribution is 6.30. The van der Waals surface area contributed by atoms with E-state index in [1.54, 1.807) is 0 Å². The van der Waals surface area contributed by atoms with Gasteiger partial charge in [0.1, 0.15) is 11.5 Å². The molecule has 1 aliphatic heterocycles. The lowest BCUT2D eigenvalue weighted by Crippen LogP contribution is -2.50. The molecule has 0 radical (unpaired) electrons. The van der Waals surface area contributed by atoms with Gasteiger partial charge in [-0.25, -0.2) is 0 Å². The Bertz CT molecular complexity index is 809. The number of likely N-dealkylation sites (tertiary alicyclic amines) is 1. The van der Waals surface area contributed by atoms with Gasteiger partial charge >= 0.3 is 0 Å². The maximum absolute atomic E-state index is 12.3. The molecule has 2 N–H and O–H groups in total.